The van der Waals surface area contributed by atoms with E-state index in [2.05, 4.69) is 127 Å². The minimum atomic E-state index is 0.652. The van der Waals surface area contributed by atoms with Crippen molar-refractivity contribution in [2.24, 2.45) is 0 Å². The largest absolute Gasteiger partial charge is 0.208 e. The molecule has 0 aliphatic heterocycles. The van der Waals surface area contributed by atoms with Gasteiger partial charge in [0.05, 0.1) is 0 Å². The van der Waals surface area contributed by atoms with Crippen molar-refractivity contribution in [3.63, 3.8) is 0 Å². The predicted octanol–water partition coefficient (Wildman–Crippen LogP) is 12.8. The number of rotatable bonds is 5. The molecule has 0 fully saturated rings. The van der Waals surface area contributed by atoms with Crippen LogP contribution in [-0.2, 0) is 0 Å². The highest BCUT2D eigenvalue weighted by atomic mass is 15.0. The second kappa shape index (κ2) is 12.4. The van der Waals surface area contributed by atoms with E-state index in [1.807, 2.05) is 60.7 Å². The lowest BCUT2D eigenvalue weighted by Gasteiger charge is -2.14. The molecule has 0 bridgehead atoms. The van der Waals surface area contributed by atoms with Crippen molar-refractivity contribution >= 4 is 43.1 Å². The molecule has 0 aliphatic rings. The number of hydrogen-bond donors (Lipinski definition) is 0. The van der Waals surface area contributed by atoms with Crippen LogP contribution in [0.4, 0.5) is 0 Å². The van der Waals surface area contributed by atoms with Crippen LogP contribution in [0.15, 0.2) is 188 Å². The van der Waals surface area contributed by atoms with Gasteiger partial charge in [-0.25, -0.2) is 15.0 Å². The summed E-state index contributed by atoms with van der Waals surface area (Å²) in [6.45, 7) is 0. The Kier molecular flexibility index (Phi) is 7.14. The molecule has 242 valence electrons. The van der Waals surface area contributed by atoms with Crippen LogP contribution in [-0.4, -0.2) is 15.0 Å². The van der Waals surface area contributed by atoms with Crippen LogP contribution in [0.2, 0.25) is 0 Å². The van der Waals surface area contributed by atoms with Gasteiger partial charge in [0.1, 0.15) is 0 Å². The van der Waals surface area contributed by atoms with Crippen LogP contribution in [0.3, 0.4) is 0 Å². The Morgan fingerprint density at radius 2 is 0.615 bits per heavy atom. The Labute approximate surface area is 301 Å². The fourth-order valence-electron chi connectivity index (χ4n) is 7.51. The summed E-state index contributed by atoms with van der Waals surface area (Å²) in [5.41, 5.74) is 7.56. The molecule has 0 spiro atoms. The van der Waals surface area contributed by atoms with E-state index in [1.54, 1.807) is 0 Å². The molecular formula is C49H31N3. The van der Waals surface area contributed by atoms with E-state index >= 15 is 0 Å². The van der Waals surface area contributed by atoms with Gasteiger partial charge in [0, 0.05) is 16.7 Å². The molecule has 52 heavy (non-hydrogen) atoms. The third-order valence-electron chi connectivity index (χ3n) is 10.1. The zero-order valence-electron chi connectivity index (χ0n) is 28.2. The van der Waals surface area contributed by atoms with Crippen LogP contribution in [0.25, 0.3) is 99.5 Å². The first-order valence-corrected chi connectivity index (χ1v) is 17.6. The average Bonchev–Trinajstić information content (AvgIpc) is 3.24. The van der Waals surface area contributed by atoms with Crippen molar-refractivity contribution in [2.45, 2.75) is 0 Å². The van der Waals surface area contributed by atoms with E-state index in [1.165, 1.54) is 54.2 Å². The Bertz CT molecular complexity index is 2840. The third-order valence-corrected chi connectivity index (χ3v) is 10.1. The van der Waals surface area contributed by atoms with Gasteiger partial charge >= 0.3 is 0 Å². The molecule has 10 rings (SSSR count). The lowest BCUT2D eigenvalue weighted by atomic mass is 9.89. The first-order chi connectivity index (χ1) is 25.8. The van der Waals surface area contributed by atoms with Crippen molar-refractivity contribution in [3.05, 3.63) is 188 Å². The van der Waals surface area contributed by atoms with Crippen LogP contribution < -0.4 is 0 Å². The summed E-state index contributed by atoms with van der Waals surface area (Å²) in [5, 5.41) is 10.3. The van der Waals surface area contributed by atoms with Gasteiger partial charge in [-0.3, -0.25) is 0 Å². The number of nitrogens with zero attached hydrogens (tertiary/aromatic N) is 3. The van der Waals surface area contributed by atoms with Gasteiger partial charge in [-0.2, -0.15) is 0 Å². The summed E-state index contributed by atoms with van der Waals surface area (Å²) in [5.74, 6) is 1.97. The molecule has 1 aromatic heterocycles. The number of benzene rings is 9. The first kappa shape index (κ1) is 29.9. The van der Waals surface area contributed by atoms with Crippen LogP contribution >= 0.6 is 0 Å². The van der Waals surface area contributed by atoms with E-state index in [4.69, 9.17) is 15.0 Å². The van der Waals surface area contributed by atoms with Gasteiger partial charge in [0.25, 0.3) is 0 Å². The summed E-state index contributed by atoms with van der Waals surface area (Å²) in [6, 6.07) is 66.5. The highest BCUT2D eigenvalue weighted by Crippen LogP contribution is 2.40. The van der Waals surface area contributed by atoms with Crippen LogP contribution in [0.1, 0.15) is 0 Å². The first-order valence-electron chi connectivity index (χ1n) is 17.6. The average molecular weight is 662 g/mol. The summed E-state index contributed by atoms with van der Waals surface area (Å²) in [7, 11) is 0. The molecule has 3 heteroatoms. The maximum absolute atomic E-state index is 4.90. The van der Waals surface area contributed by atoms with Gasteiger partial charge in [-0.1, -0.05) is 182 Å². The third kappa shape index (κ3) is 5.19. The number of hydrogen-bond acceptors (Lipinski definition) is 3. The Morgan fingerprint density at radius 1 is 0.231 bits per heavy atom. The lowest BCUT2D eigenvalue weighted by Crippen LogP contribution is -2.00. The van der Waals surface area contributed by atoms with Gasteiger partial charge in [0.15, 0.2) is 17.5 Å². The molecule has 9 aromatic carbocycles. The molecule has 0 radical (unpaired) electrons. The van der Waals surface area contributed by atoms with Crippen molar-refractivity contribution in [3.8, 4) is 56.4 Å². The van der Waals surface area contributed by atoms with Gasteiger partial charge < -0.3 is 0 Å². The highest BCUT2D eigenvalue weighted by Gasteiger charge is 2.14. The van der Waals surface area contributed by atoms with Crippen molar-refractivity contribution < 1.29 is 0 Å². The monoisotopic (exact) mass is 661 g/mol. The molecule has 0 N–H and O–H groups in total. The van der Waals surface area contributed by atoms with Crippen LogP contribution in [0, 0.1) is 0 Å². The van der Waals surface area contributed by atoms with Crippen LogP contribution in [0.5, 0.6) is 0 Å². The van der Waals surface area contributed by atoms with Crippen molar-refractivity contribution in [1.29, 1.82) is 0 Å². The summed E-state index contributed by atoms with van der Waals surface area (Å²) in [6.07, 6.45) is 0. The van der Waals surface area contributed by atoms with E-state index in [0.717, 1.165) is 27.8 Å². The zero-order valence-corrected chi connectivity index (χ0v) is 28.2. The Morgan fingerprint density at radius 3 is 1.21 bits per heavy atom. The summed E-state index contributed by atoms with van der Waals surface area (Å²) < 4.78 is 0. The van der Waals surface area contributed by atoms with E-state index in [9.17, 15) is 0 Å². The number of aromatic nitrogens is 3. The molecule has 0 saturated carbocycles. The second-order valence-electron chi connectivity index (χ2n) is 13.2. The maximum atomic E-state index is 4.90. The fourth-order valence-corrected chi connectivity index (χ4v) is 7.51. The molecular weight excluding hydrogens is 631 g/mol. The molecule has 0 aliphatic carbocycles. The SMILES string of the molecule is c1ccc(-c2nc(-c3ccccc3)nc(-c3ccc(-c4ccc(-c5ccc6c(c5)c5ccccc5c5c7ccccc7ccc65)cc4)cc3)n2)cc1. The molecule has 1 heterocycles. The quantitative estimate of drug-likeness (QED) is 0.172. The van der Waals surface area contributed by atoms with Crippen molar-refractivity contribution in [2.75, 3.05) is 0 Å². The predicted molar refractivity (Wildman–Crippen MR) is 217 cm³/mol. The smallest absolute Gasteiger partial charge is 0.164 e. The van der Waals surface area contributed by atoms with E-state index in [0.29, 0.717) is 17.5 Å². The van der Waals surface area contributed by atoms with Gasteiger partial charge in [-0.15, -0.1) is 0 Å². The normalized spacial score (nSPS) is 11.5. The Balaban J connectivity index is 0.993. The molecule has 10 aromatic rings. The maximum Gasteiger partial charge on any atom is 0.164 e. The molecule has 0 unspecified atom stereocenters. The lowest BCUT2D eigenvalue weighted by molar-refractivity contribution is 1.07. The van der Waals surface area contributed by atoms with E-state index in [-0.39, 0.29) is 0 Å². The van der Waals surface area contributed by atoms with E-state index < -0.39 is 0 Å². The molecule has 0 atom stereocenters. The Hall–Kier alpha value is -6.97. The molecule has 0 saturated heterocycles. The topological polar surface area (TPSA) is 38.7 Å². The number of fused-ring (bicyclic) bond motifs is 8. The van der Waals surface area contributed by atoms with Gasteiger partial charge in [0.2, 0.25) is 0 Å². The second-order valence-corrected chi connectivity index (χ2v) is 13.2. The fraction of sp³-hybridized carbons (Fsp3) is 0. The molecule has 0 amide bonds. The minimum Gasteiger partial charge on any atom is -0.208 e. The summed E-state index contributed by atoms with van der Waals surface area (Å²) in [4.78, 5) is 14.6. The van der Waals surface area contributed by atoms with Crippen molar-refractivity contribution in [1.82, 2.24) is 15.0 Å². The molecule has 3 nitrogen and oxygen atoms in total. The minimum absolute atomic E-state index is 0.652. The standard InChI is InChI=1S/C49H31N3/c1-3-12-36(13-4-1)47-50-48(37-14-5-2-6-15-37)52-49(51-47)38-25-23-33(24-26-38)32-19-21-34(22-20-32)39-28-29-42-44-30-27-35-11-7-8-16-40(35)46(44)43-18-10-9-17-41(43)45(42)31-39/h1-31H. The van der Waals surface area contributed by atoms with Gasteiger partial charge in [-0.05, 0) is 71.4 Å². The zero-order chi connectivity index (χ0) is 34.4. The summed E-state index contributed by atoms with van der Waals surface area (Å²) >= 11 is 0. The highest BCUT2D eigenvalue weighted by molar-refractivity contribution is 6.31.